The summed E-state index contributed by atoms with van der Waals surface area (Å²) in [6.07, 6.45) is 5.36. The molecule has 0 spiro atoms. The predicted molar refractivity (Wildman–Crippen MR) is 95.9 cm³/mol. The van der Waals surface area contributed by atoms with Gasteiger partial charge >= 0.3 is 0 Å². The molecule has 6 heteroatoms. The molecule has 3 atom stereocenters. The van der Waals surface area contributed by atoms with Crippen LogP contribution in [0.25, 0.3) is 0 Å². The molecule has 2 aromatic rings. The van der Waals surface area contributed by atoms with Crippen molar-refractivity contribution in [2.24, 2.45) is 5.92 Å². The summed E-state index contributed by atoms with van der Waals surface area (Å²) in [4.78, 5) is 10.5. The van der Waals surface area contributed by atoms with Gasteiger partial charge in [-0.3, -0.25) is 10.1 Å². The second-order valence-electron chi connectivity index (χ2n) is 6.15. The van der Waals surface area contributed by atoms with Crippen molar-refractivity contribution in [3.8, 4) is 0 Å². The standard InChI is InChI=1S/C18H14Cl2N2O2/c19-15-9-8-14-12-2-1-3-13(12)17(21-18(14)16(15)20)10-4-6-11(7-5-10)22(23)24/h1-2,4-9,12-13,17,21H,3H2/t12-,13+,17-/m0/s1. The number of benzene rings is 2. The number of hydrogen-bond acceptors (Lipinski definition) is 3. The number of hydrogen-bond donors (Lipinski definition) is 1. The third-order valence-electron chi connectivity index (χ3n) is 4.89. The average molecular weight is 361 g/mol. The molecule has 1 aliphatic carbocycles. The first kappa shape index (κ1) is 15.5. The number of rotatable bonds is 2. The fraction of sp³-hybridized carbons (Fsp3) is 0.222. The van der Waals surface area contributed by atoms with Gasteiger partial charge < -0.3 is 5.32 Å². The monoisotopic (exact) mass is 360 g/mol. The van der Waals surface area contributed by atoms with Gasteiger partial charge in [0.1, 0.15) is 0 Å². The molecule has 1 N–H and O–H groups in total. The van der Waals surface area contributed by atoms with Gasteiger partial charge in [-0.25, -0.2) is 0 Å². The van der Waals surface area contributed by atoms with Gasteiger partial charge in [-0.05, 0) is 29.5 Å². The van der Waals surface area contributed by atoms with Gasteiger partial charge in [-0.2, -0.15) is 0 Å². The second kappa shape index (κ2) is 5.80. The molecule has 0 aromatic heterocycles. The van der Waals surface area contributed by atoms with Crippen molar-refractivity contribution in [3.05, 3.63) is 79.8 Å². The quantitative estimate of drug-likeness (QED) is 0.422. The molecule has 1 aliphatic heterocycles. The molecular formula is C18H14Cl2N2O2. The number of nitro benzene ring substituents is 1. The van der Waals surface area contributed by atoms with E-state index in [1.807, 2.05) is 24.3 Å². The Balaban J connectivity index is 1.77. The topological polar surface area (TPSA) is 55.2 Å². The zero-order chi connectivity index (χ0) is 16.8. The molecule has 0 saturated heterocycles. The van der Waals surface area contributed by atoms with Crippen LogP contribution in [0.2, 0.25) is 10.0 Å². The molecule has 0 fully saturated rings. The molecule has 122 valence electrons. The van der Waals surface area contributed by atoms with E-state index in [1.54, 1.807) is 12.1 Å². The van der Waals surface area contributed by atoms with Gasteiger partial charge in [0.05, 0.1) is 26.7 Å². The zero-order valence-corrected chi connectivity index (χ0v) is 14.1. The van der Waals surface area contributed by atoms with Gasteiger partial charge in [-0.15, -0.1) is 0 Å². The van der Waals surface area contributed by atoms with Crippen LogP contribution in [0.5, 0.6) is 0 Å². The van der Waals surface area contributed by atoms with Crippen molar-refractivity contribution < 1.29 is 4.92 Å². The van der Waals surface area contributed by atoms with E-state index in [1.165, 1.54) is 0 Å². The molecule has 0 bridgehead atoms. The van der Waals surface area contributed by atoms with Gasteiger partial charge in [-0.1, -0.05) is 53.6 Å². The number of fused-ring (bicyclic) bond motifs is 3. The van der Waals surface area contributed by atoms with Crippen molar-refractivity contribution in [2.45, 2.75) is 18.4 Å². The summed E-state index contributed by atoms with van der Waals surface area (Å²) >= 11 is 12.6. The van der Waals surface area contributed by atoms with E-state index in [2.05, 4.69) is 17.5 Å². The van der Waals surface area contributed by atoms with Crippen molar-refractivity contribution in [2.75, 3.05) is 5.32 Å². The largest absolute Gasteiger partial charge is 0.376 e. The Hall–Kier alpha value is -2.04. The first-order valence-corrected chi connectivity index (χ1v) is 8.47. The Morgan fingerprint density at radius 3 is 2.58 bits per heavy atom. The van der Waals surface area contributed by atoms with E-state index in [-0.39, 0.29) is 22.6 Å². The molecule has 4 nitrogen and oxygen atoms in total. The predicted octanol–water partition coefficient (Wildman–Crippen LogP) is 5.73. The molecule has 2 aliphatic rings. The number of nitro groups is 1. The second-order valence-corrected chi connectivity index (χ2v) is 6.93. The summed E-state index contributed by atoms with van der Waals surface area (Å²) in [5.74, 6) is 0.632. The minimum absolute atomic E-state index is 0.0364. The summed E-state index contributed by atoms with van der Waals surface area (Å²) < 4.78 is 0. The van der Waals surface area contributed by atoms with Crippen molar-refractivity contribution in [3.63, 3.8) is 0 Å². The van der Waals surface area contributed by atoms with E-state index >= 15 is 0 Å². The first-order valence-electron chi connectivity index (χ1n) is 7.71. The van der Waals surface area contributed by atoms with Gasteiger partial charge in [0.2, 0.25) is 0 Å². The Kier molecular flexibility index (Phi) is 3.74. The summed E-state index contributed by atoms with van der Waals surface area (Å²) in [7, 11) is 0. The third kappa shape index (κ3) is 2.38. The van der Waals surface area contributed by atoms with Crippen LogP contribution in [0.15, 0.2) is 48.6 Å². The molecule has 0 radical (unpaired) electrons. The maximum absolute atomic E-state index is 10.9. The lowest BCUT2D eigenvalue weighted by Gasteiger charge is -2.38. The van der Waals surface area contributed by atoms with Crippen LogP contribution >= 0.6 is 23.2 Å². The highest BCUT2D eigenvalue weighted by molar-refractivity contribution is 6.43. The summed E-state index contributed by atoms with van der Waals surface area (Å²) in [5, 5.41) is 15.4. The number of halogens is 2. The summed E-state index contributed by atoms with van der Waals surface area (Å²) in [6, 6.07) is 10.6. The fourth-order valence-electron chi connectivity index (χ4n) is 3.74. The SMILES string of the molecule is O=[N+]([O-])c1ccc([C@@H]2Nc3c(ccc(Cl)c3Cl)[C@H]3C=CC[C@H]32)cc1. The van der Waals surface area contributed by atoms with E-state index in [4.69, 9.17) is 23.2 Å². The highest BCUT2D eigenvalue weighted by atomic mass is 35.5. The number of nitrogens with one attached hydrogen (secondary N) is 1. The summed E-state index contributed by atoms with van der Waals surface area (Å²) in [6.45, 7) is 0. The first-order chi connectivity index (χ1) is 11.6. The van der Waals surface area contributed by atoms with Crippen LogP contribution in [0.4, 0.5) is 11.4 Å². The van der Waals surface area contributed by atoms with Gasteiger partial charge in [0.25, 0.3) is 5.69 Å². The maximum atomic E-state index is 10.9. The minimum atomic E-state index is -0.385. The molecule has 4 rings (SSSR count). The Morgan fingerprint density at radius 2 is 1.88 bits per heavy atom. The lowest BCUT2D eigenvalue weighted by atomic mass is 9.77. The van der Waals surface area contributed by atoms with Crippen LogP contribution in [-0.2, 0) is 0 Å². The number of non-ortho nitro benzene ring substituents is 1. The molecule has 0 amide bonds. The number of nitrogens with zero attached hydrogens (tertiary/aromatic N) is 1. The van der Waals surface area contributed by atoms with Gasteiger partial charge in [0, 0.05) is 18.1 Å². The lowest BCUT2D eigenvalue weighted by molar-refractivity contribution is -0.384. The van der Waals surface area contributed by atoms with E-state index in [9.17, 15) is 10.1 Å². The highest BCUT2D eigenvalue weighted by Crippen LogP contribution is 2.52. The van der Waals surface area contributed by atoms with Crippen molar-refractivity contribution in [1.82, 2.24) is 0 Å². The Labute approximate surface area is 149 Å². The molecule has 1 heterocycles. The van der Waals surface area contributed by atoms with Crippen LogP contribution in [0.3, 0.4) is 0 Å². The van der Waals surface area contributed by atoms with Gasteiger partial charge in [0.15, 0.2) is 0 Å². The molecular weight excluding hydrogens is 347 g/mol. The van der Waals surface area contributed by atoms with Crippen LogP contribution in [-0.4, -0.2) is 4.92 Å². The normalized spacial score (nSPS) is 24.2. The molecule has 2 aromatic carbocycles. The van der Waals surface area contributed by atoms with Crippen LogP contribution < -0.4 is 5.32 Å². The Bertz CT molecular complexity index is 849. The van der Waals surface area contributed by atoms with Crippen molar-refractivity contribution >= 4 is 34.6 Å². The van der Waals surface area contributed by atoms with Crippen LogP contribution in [0, 0.1) is 16.0 Å². The lowest BCUT2D eigenvalue weighted by Crippen LogP contribution is -2.29. The smallest absolute Gasteiger partial charge is 0.269 e. The number of allylic oxidation sites excluding steroid dienone is 2. The van der Waals surface area contributed by atoms with Crippen LogP contribution in [0.1, 0.15) is 29.5 Å². The summed E-state index contributed by atoms with van der Waals surface area (Å²) in [5.41, 5.74) is 3.12. The Morgan fingerprint density at radius 1 is 1.12 bits per heavy atom. The fourth-order valence-corrected chi connectivity index (χ4v) is 4.12. The van der Waals surface area contributed by atoms with E-state index < -0.39 is 0 Å². The van der Waals surface area contributed by atoms with E-state index in [0.29, 0.717) is 16.0 Å². The molecule has 0 unspecified atom stereocenters. The van der Waals surface area contributed by atoms with Crippen molar-refractivity contribution in [1.29, 1.82) is 0 Å². The third-order valence-corrected chi connectivity index (χ3v) is 5.69. The molecule has 24 heavy (non-hydrogen) atoms. The highest BCUT2D eigenvalue weighted by Gasteiger charge is 2.39. The zero-order valence-electron chi connectivity index (χ0n) is 12.6. The average Bonchev–Trinajstić information content (AvgIpc) is 3.07. The minimum Gasteiger partial charge on any atom is -0.376 e. The maximum Gasteiger partial charge on any atom is 0.269 e. The van der Waals surface area contributed by atoms with E-state index in [0.717, 1.165) is 23.2 Å². The number of anilines is 1. The molecule has 0 saturated carbocycles.